The van der Waals surface area contributed by atoms with E-state index >= 15 is 0 Å². The van der Waals surface area contributed by atoms with Crippen molar-refractivity contribution in [1.29, 1.82) is 0 Å². The van der Waals surface area contributed by atoms with E-state index < -0.39 is 0 Å². The summed E-state index contributed by atoms with van der Waals surface area (Å²) in [5.41, 5.74) is 15.7. The van der Waals surface area contributed by atoms with Crippen LogP contribution < -0.4 is 16.8 Å². The minimum atomic E-state index is 0.152. The summed E-state index contributed by atoms with van der Waals surface area (Å²) in [6, 6.07) is 1.95. The number of nitrogens with one attached hydrogen (secondary N) is 1. The van der Waals surface area contributed by atoms with Crippen LogP contribution >= 0.6 is 0 Å². The molecule has 21 heavy (non-hydrogen) atoms. The molecule has 2 heterocycles. The Morgan fingerprint density at radius 1 is 1.19 bits per heavy atom. The van der Waals surface area contributed by atoms with E-state index in [1.807, 2.05) is 19.2 Å². The molecule has 0 amide bonds. The molecular formula is C15H20N6. The van der Waals surface area contributed by atoms with E-state index in [9.17, 15) is 0 Å². The molecule has 0 bridgehead atoms. The third-order valence-corrected chi connectivity index (χ3v) is 3.10. The normalized spacial score (nSPS) is 10.7. The highest BCUT2D eigenvalue weighted by molar-refractivity contribution is 5.73. The summed E-state index contributed by atoms with van der Waals surface area (Å²) in [4.78, 5) is 12.3. The quantitative estimate of drug-likeness (QED) is 0.797. The largest absolute Gasteiger partial charge is 0.382 e. The number of hydrogen-bond donors (Lipinski definition) is 3. The van der Waals surface area contributed by atoms with E-state index in [4.69, 9.17) is 11.5 Å². The second kappa shape index (κ2) is 5.78. The van der Waals surface area contributed by atoms with Crippen molar-refractivity contribution >= 4 is 28.7 Å². The molecule has 5 N–H and O–H groups in total. The lowest BCUT2D eigenvalue weighted by Crippen LogP contribution is -2.06. The SMILES string of the molecule is C=C(C)c1cc(Nc2cnc(N)nc2N)c(C(C)C)cn1. The predicted molar refractivity (Wildman–Crippen MR) is 87.2 cm³/mol. The van der Waals surface area contributed by atoms with Gasteiger partial charge >= 0.3 is 0 Å². The van der Waals surface area contributed by atoms with Gasteiger partial charge in [0.05, 0.1) is 11.9 Å². The molecule has 6 heteroatoms. The highest BCUT2D eigenvalue weighted by Gasteiger charge is 2.11. The fraction of sp³-hybridized carbons (Fsp3) is 0.267. The molecule has 0 aliphatic rings. The molecule has 0 atom stereocenters. The number of nitrogens with zero attached hydrogens (tertiary/aromatic N) is 3. The van der Waals surface area contributed by atoms with Gasteiger partial charge in [-0.15, -0.1) is 0 Å². The van der Waals surface area contributed by atoms with Crippen molar-refractivity contribution in [1.82, 2.24) is 15.0 Å². The number of hydrogen-bond acceptors (Lipinski definition) is 6. The van der Waals surface area contributed by atoms with Crippen LogP contribution in [0.3, 0.4) is 0 Å². The van der Waals surface area contributed by atoms with E-state index in [-0.39, 0.29) is 5.95 Å². The van der Waals surface area contributed by atoms with E-state index in [2.05, 4.69) is 40.7 Å². The Kier molecular flexibility index (Phi) is 4.07. The molecule has 0 aromatic carbocycles. The van der Waals surface area contributed by atoms with Gasteiger partial charge in [-0.2, -0.15) is 4.98 Å². The van der Waals surface area contributed by atoms with Crippen molar-refractivity contribution in [3.05, 3.63) is 36.3 Å². The average molecular weight is 284 g/mol. The van der Waals surface area contributed by atoms with Crippen LogP contribution in [0.1, 0.15) is 37.9 Å². The van der Waals surface area contributed by atoms with Gasteiger partial charge in [0, 0.05) is 11.9 Å². The van der Waals surface area contributed by atoms with Crippen LogP contribution in [0.25, 0.3) is 5.57 Å². The second-order valence-electron chi connectivity index (χ2n) is 5.24. The molecule has 0 fully saturated rings. The van der Waals surface area contributed by atoms with Crippen LogP contribution in [-0.4, -0.2) is 15.0 Å². The standard InChI is InChI=1S/C15H20N6/c1-8(2)10-6-18-11(9(3)4)5-12(10)20-13-7-19-15(17)21-14(13)16/h5-8H,3H2,1-2,4H3,(H,18,20)(H4,16,17,19,21). The number of pyridine rings is 1. The zero-order valence-electron chi connectivity index (χ0n) is 12.5. The molecule has 0 radical (unpaired) electrons. The zero-order valence-corrected chi connectivity index (χ0v) is 12.5. The minimum absolute atomic E-state index is 0.152. The van der Waals surface area contributed by atoms with Gasteiger partial charge in [-0.05, 0) is 30.0 Å². The van der Waals surface area contributed by atoms with Gasteiger partial charge in [-0.25, -0.2) is 4.98 Å². The Bertz CT molecular complexity index is 678. The number of aromatic nitrogens is 3. The van der Waals surface area contributed by atoms with Crippen LogP contribution in [0.15, 0.2) is 25.0 Å². The molecule has 0 aliphatic carbocycles. The lowest BCUT2D eigenvalue weighted by atomic mass is 10.0. The maximum absolute atomic E-state index is 5.87. The van der Waals surface area contributed by atoms with Crippen LogP contribution in [0.5, 0.6) is 0 Å². The topological polar surface area (TPSA) is 103 Å². The van der Waals surface area contributed by atoms with Crippen LogP contribution in [0, 0.1) is 0 Å². The van der Waals surface area contributed by atoms with Gasteiger partial charge < -0.3 is 16.8 Å². The molecule has 0 unspecified atom stereocenters. The molecule has 110 valence electrons. The van der Waals surface area contributed by atoms with Gasteiger partial charge in [0.2, 0.25) is 5.95 Å². The number of rotatable bonds is 4. The summed E-state index contributed by atoms with van der Waals surface area (Å²) in [5, 5.41) is 3.26. The van der Waals surface area contributed by atoms with Gasteiger partial charge in [0.15, 0.2) is 5.82 Å². The van der Waals surface area contributed by atoms with E-state index in [1.165, 1.54) is 0 Å². The van der Waals surface area contributed by atoms with Gasteiger partial charge in [0.25, 0.3) is 0 Å². The molecule has 2 aromatic rings. The van der Waals surface area contributed by atoms with Crippen molar-refractivity contribution in [2.75, 3.05) is 16.8 Å². The third-order valence-electron chi connectivity index (χ3n) is 3.10. The maximum Gasteiger partial charge on any atom is 0.222 e. The smallest absolute Gasteiger partial charge is 0.222 e. The fourth-order valence-electron chi connectivity index (χ4n) is 1.92. The highest BCUT2D eigenvalue weighted by Crippen LogP contribution is 2.30. The predicted octanol–water partition coefficient (Wildman–Crippen LogP) is 2.94. The summed E-state index contributed by atoms with van der Waals surface area (Å²) in [6.07, 6.45) is 3.42. The first-order chi connectivity index (χ1) is 9.88. The van der Waals surface area contributed by atoms with Crippen LogP contribution in [0.4, 0.5) is 23.1 Å². The molecule has 2 rings (SSSR count). The number of nitrogen functional groups attached to an aromatic ring is 2. The second-order valence-corrected chi connectivity index (χ2v) is 5.24. The molecule has 0 saturated heterocycles. The zero-order chi connectivity index (χ0) is 15.6. The summed E-state index contributed by atoms with van der Waals surface area (Å²) in [6.45, 7) is 10.0. The fourth-order valence-corrected chi connectivity index (χ4v) is 1.92. The van der Waals surface area contributed by atoms with Crippen LogP contribution in [0.2, 0.25) is 0 Å². The molecule has 0 aliphatic heterocycles. The third kappa shape index (κ3) is 3.28. The number of nitrogens with two attached hydrogens (primary N) is 2. The van der Waals surface area contributed by atoms with Crippen molar-refractivity contribution < 1.29 is 0 Å². The first kappa shape index (κ1) is 14.8. The Labute approximate surface area is 124 Å². The Balaban J connectivity index is 2.45. The van der Waals surface area contributed by atoms with Crippen molar-refractivity contribution in [3.8, 4) is 0 Å². The summed E-state index contributed by atoms with van der Waals surface area (Å²) in [7, 11) is 0. The van der Waals surface area contributed by atoms with Crippen LogP contribution in [-0.2, 0) is 0 Å². The van der Waals surface area contributed by atoms with Crippen molar-refractivity contribution in [3.63, 3.8) is 0 Å². The number of allylic oxidation sites excluding steroid dienone is 1. The molecule has 0 spiro atoms. The highest BCUT2D eigenvalue weighted by atomic mass is 15.1. The molecular weight excluding hydrogens is 264 g/mol. The van der Waals surface area contributed by atoms with E-state index in [0.717, 1.165) is 22.5 Å². The van der Waals surface area contributed by atoms with E-state index in [1.54, 1.807) is 6.20 Å². The lowest BCUT2D eigenvalue weighted by molar-refractivity contribution is 0.859. The monoisotopic (exact) mass is 284 g/mol. The molecule has 0 saturated carbocycles. The minimum Gasteiger partial charge on any atom is -0.382 e. The molecule has 2 aromatic heterocycles. The maximum atomic E-state index is 5.87. The van der Waals surface area contributed by atoms with E-state index in [0.29, 0.717) is 17.4 Å². The Morgan fingerprint density at radius 2 is 1.90 bits per heavy atom. The molecule has 6 nitrogen and oxygen atoms in total. The van der Waals surface area contributed by atoms with Gasteiger partial charge in [-0.1, -0.05) is 20.4 Å². The average Bonchev–Trinajstić information content (AvgIpc) is 2.41. The van der Waals surface area contributed by atoms with Gasteiger partial charge in [-0.3, -0.25) is 4.98 Å². The number of anilines is 4. The van der Waals surface area contributed by atoms with Crippen molar-refractivity contribution in [2.45, 2.75) is 26.7 Å². The summed E-state index contributed by atoms with van der Waals surface area (Å²) < 4.78 is 0. The lowest BCUT2D eigenvalue weighted by Gasteiger charge is -2.16. The Hall–Kier alpha value is -2.63. The Morgan fingerprint density at radius 3 is 2.48 bits per heavy atom. The summed E-state index contributed by atoms with van der Waals surface area (Å²) >= 11 is 0. The van der Waals surface area contributed by atoms with Gasteiger partial charge in [0.1, 0.15) is 5.69 Å². The van der Waals surface area contributed by atoms with Crippen molar-refractivity contribution in [2.24, 2.45) is 0 Å². The first-order valence-electron chi connectivity index (χ1n) is 6.69. The summed E-state index contributed by atoms with van der Waals surface area (Å²) in [5.74, 6) is 0.778. The first-order valence-corrected chi connectivity index (χ1v) is 6.69.